The summed E-state index contributed by atoms with van der Waals surface area (Å²) >= 11 is 0. The SMILES string of the molecule is O=COc1ccc(-c2ccccc2)cc1. The maximum absolute atomic E-state index is 10.1. The van der Waals surface area contributed by atoms with Gasteiger partial charge in [0.05, 0.1) is 0 Å². The minimum Gasteiger partial charge on any atom is -0.429 e. The zero-order chi connectivity index (χ0) is 10.5. The molecule has 0 fully saturated rings. The van der Waals surface area contributed by atoms with E-state index in [1.54, 1.807) is 12.1 Å². The van der Waals surface area contributed by atoms with Gasteiger partial charge in [0.25, 0.3) is 6.47 Å². The number of ether oxygens (including phenoxy) is 1. The second kappa shape index (κ2) is 4.42. The summed E-state index contributed by atoms with van der Waals surface area (Å²) in [6.45, 7) is 0.428. The molecule has 0 bridgehead atoms. The smallest absolute Gasteiger partial charge is 0.298 e. The molecular formula is C13H10O2. The molecule has 0 saturated heterocycles. The van der Waals surface area contributed by atoms with Crippen molar-refractivity contribution in [2.45, 2.75) is 0 Å². The average Bonchev–Trinajstić information content (AvgIpc) is 2.32. The zero-order valence-corrected chi connectivity index (χ0v) is 8.09. The molecule has 0 atom stereocenters. The highest BCUT2D eigenvalue weighted by Gasteiger charge is 1.96. The van der Waals surface area contributed by atoms with Gasteiger partial charge in [-0.1, -0.05) is 42.5 Å². The first kappa shape index (κ1) is 9.46. The van der Waals surface area contributed by atoms with Crippen molar-refractivity contribution in [1.82, 2.24) is 0 Å². The van der Waals surface area contributed by atoms with Gasteiger partial charge in [-0.05, 0) is 23.3 Å². The molecule has 0 aromatic heterocycles. The lowest BCUT2D eigenvalue weighted by Crippen LogP contribution is -1.87. The molecule has 15 heavy (non-hydrogen) atoms. The Balaban J connectivity index is 2.28. The number of carbonyl (C=O) groups is 1. The first-order valence-corrected chi connectivity index (χ1v) is 4.66. The second-order valence-electron chi connectivity index (χ2n) is 3.10. The lowest BCUT2D eigenvalue weighted by Gasteiger charge is -2.02. The lowest BCUT2D eigenvalue weighted by molar-refractivity contribution is -0.120. The number of carbonyl (C=O) groups excluding carboxylic acids is 1. The van der Waals surface area contributed by atoms with E-state index in [4.69, 9.17) is 4.74 Å². The van der Waals surface area contributed by atoms with E-state index >= 15 is 0 Å². The Hall–Kier alpha value is -2.09. The van der Waals surface area contributed by atoms with Crippen LogP contribution in [-0.4, -0.2) is 6.47 Å². The number of rotatable bonds is 3. The molecule has 0 amide bonds. The summed E-state index contributed by atoms with van der Waals surface area (Å²) in [4.78, 5) is 10.1. The highest BCUT2D eigenvalue weighted by molar-refractivity contribution is 5.64. The molecule has 0 aliphatic heterocycles. The van der Waals surface area contributed by atoms with Crippen LogP contribution >= 0.6 is 0 Å². The normalized spacial score (nSPS) is 9.60. The van der Waals surface area contributed by atoms with Gasteiger partial charge in [0.1, 0.15) is 5.75 Å². The van der Waals surface area contributed by atoms with Gasteiger partial charge in [0.2, 0.25) is 0 Å². The van der Waals surface area contributed by atoms with Gasteiger partial charge in [-0.25, -0.2) is 0 Å². The Morgan fingerprint density at radius 1 is 0.800 bits per heavy atom. The molecule has 0 aliphatic carbocycles. The molecule has 0 heterocycles. The third kappa shape index (κ3) is 2.23. The topological polar surface area (TPSA) is 26.3 Å². The number of hydrogen-bond acceptors (Lipinski definition) is 2. The van der Waals surface area contributed by atoms with Crippen molar-refractivity contribution in [2.75, 3.05) is 0 Å². The molecule has 2 nitrogen and oxygen atoms in total. The predicted octanol–water partition coefficient (Wildman–Crippen LogP) is 2.89. The summed E-state index contributed by atoms with van der Waals surface area (Å²) in [6.07, 6.45) is 0. The van der Waals surface area contributed by atoms with Gasteiger partial charge in [-0.2, -0.15) is 0 Å². The summed E-state index contributed by atoms with van der Waals surface area (Å²) < 4.78 is 4.72. The standard InChI is InChI=1S/C13H10O2/c14-10-15-13-8-6-12(7-9-13)11-4-2-1-3-5-11/h1-10H. The van der Waals surface area contributed by atoms with Gasteiger partial charge in [0, 0.05) is 0 Å². The van der Waals surface area contributed by atoms with Crippen LogP contribution in [0.2, 0.25) is 0 Å². The summed E-state index contributed by atoms with van der Waals surface area (Å²) in [5.74, 6) is 0.560. The van der Waals surface area contributed by atoms with Crippen LogP contribution in [0.5, 0.6) is 5.75 Å². The van der Waals surface area contributed by atoms with Crippen molar-refractivity contribution < 1.29 is 9.53 Å². The van der Waals surface area contributed by atoms with Crippen molar-refractivity contribution in [3.05, 3.63) is 54.6 Å². The number of hydrogen-bond donors (Lipinski definition) is 0. The largest absolute Gasteiger partial charge is 0.429 e. The summed E-state index contributed by atoms with van der Waals surface area (Å²) in [5, 5.41) is 0. The molecule has 74 valence electrons. The molecule has 0 unspecified atom stereocenters. The molecule has 2 aromatic carbocycles. The fourth-order valence-electron chi connectivity index (χ4n) is 1.41. The van der Waals surface area contributed by atoms with Gasteiger partial charge in [-0.3, -0.25) is 4.79 Å². The Morgan fingerprint density at radius 2 is 1.40 bits per heavy atom. The van der Waals surface area contributed by atoms with Crippen LogP contribution < -0.4 is 4.74 Å². The first-order valence-electron chi connectivity index (χ1n) is 4.66. The average molecular weight is 198 g/mol. The molecule has 0 radical (unpaired) electrons. The van der Waals surface area contributed by atoms with Crippen molar-refractivity contribution in [2.24, 2.45) is 0 Å². The third-order valence-corrected chi connectivity index (χ3v) is 2.15. The van der Waals surface area contributed by atoms with Gasteiger partial charge in [0.15, 0.2) is 0 Å². The monoisotopic (exact) mass is 198 g/mol. The fourth-order valence-corrected chi connectivity index (χ4v) is 1.41. The maximum Gasteiger partial charge on any atom is 0.298 e. The van der Waals surface area contributed by atoms with E-state index in [0.29, 0.717) is 12.2 Å². The maximum atomic E-state index is 10.1. The Labute approximate surface area is 88.1 Å². The van der Waals surface area contributed by atoms with Crippen molar-refractivity contribution >= 4 is 6.47 Å². The van der Waals surface area contributed by atoms with Crippen LogP contribution in [0.1, 0.15) is 0 Å². The van der Waals surface area contributed by atoms with E-state index in [-0.39, 0.29) is 0 Å². The summed E-state index contributed by atoms with van der Waals surface area (Å²) in [5.41, 5.74) is 2.25. The van der Waals surface area contributed by atoms with E-state index in [1.165, 1.54) is 0 Å². The molecule has 0 spiro atoms. The fraction of sp³-hybridized carbons (Fsp3) is 0. The first-order chi connectivity index (χ1) is 7.40. The lowest BCUT2D eigenvalue weighted by atomic mass is 10.1. The molecular weight excluding hydrogens is 188 g/mol. The van der Waals surface area contributed by atoms with E-state index in [9.17, 15) is 4.79 Å². The van der Waals surface area contributed by atoms with Gasteiger partial charge >= 0.3 is 0 Å². The summed E-state index contributed by atoms with van der Waals surface area (Å²) in [6, 6.07) is 17.4. The predicted molar refractivity (Wildman–Crippen MR) is 58.6 cm³/mol. The molecule has 0 N–H and O–H groups in total. The Morgan fingerprint density at radius 3 is 2.00 bits per heavy atom. The molecule has 2 rings (SSSR count). The minimum absolute atomic E-state index is 0.428. The highest BCUT2D eigenvalue weighted by Crippen LogP contribution is 2.21. The van der Waals surface area contributed by atoms with Crippen molar-refractivity contribution in [3.63, 3.8) is 0 Å². The minimum atomic E-state index is 0.428. The highest BCUT2D eigenvalue weighted by atomic mass is 16.5. The van der Waals surface area contributed by atoms with Gasteiger partial charge < -0.3 is 4.74 Å². The van der Waals surface area contributed by atoms with E-state index in [1.807, 2.05) is 42.5 Å². The van der Waals surface area contributed by atoms with Crippen LogP contribution in [0, 0.1) is 0 Å². The van der Waals surface area contributed by atoms with E-state index in [0.717, 1.165) is 11.1 Å². The molecule has 0 aliphatic rings. The van der Waals surface area contributed by atoms with Crippen molar-refractivity contribution in [1.29, 1.82) is 0 Å². The zero-order valence-electron chi connectivity index (χ0n) is 8.09. The van der Waals surface area contributed by atoms with Crippen LogP contribution in [0.3, 0.4) is 0 Å². The molecule has 2 heteroatoms. The third-order valence-electron chi connectivity index (χ3n) is 2.15. The number of benzene rings is 2. The Bertz CT molecular complexity index is 432. The quantitative estimate of drug-likeness (QED) is 0.709. The molecule has 2 aromatic rings. The summed E-state index contributed by atoms with van der Waals surface area (Å²) in [7, 11) is 0. The van der Waals surface area contributed by atoms with E-state index in [2.05, 4.69) is 0 Å². The second-order valence-corrected chi connectivity index (χ2v) is 3.10. The van der Waals surface area contributed by atoms with E-state index < -0.39 is 0 Å². The van der Waals surface area contributed by atoms with Crippen LogP contribution in [0.4, 0.5) is 0 Å². The van der Waals surface area contributed by atoms with Crippen LogP contribution in [-0.2, 0) is 4.79 Å². The Kier molecular flexibility index (Phi) is 2.79. The van der Waals surface area contributed by atoms with Crippen LogP contribution in [0.25, 0.3) is 11.1 Å². The van der Waals surface area contributed by atoms with Gasteiger partial charge in [-0.15, -0.1) is 0 Å². The molecule has 0 saturated carbocycles. The van der Waals surface area contributed by atoms with Crippen LogP contribution in [0.15, 0.2) is 54.6 Å². The van der Waals surface area contributed by atoms with Crippen molar-refractivity contribution in [3.8, 4) is 16.9 Å².